The van der Waals surface area contributed by atoms with E-state index in [4.69, 9.17) is 17.3 Å². The van der Waals surface area contributed by atoms with Gasteiger partial charge in [-0.15, -0.1) is 0 Å². The predicted octanol–water partition coefficient (Wildman–Crippen LogP) is 3.81. The molecule has 0 aromatic heterocycles. The Bertz CT molecular complexity index is 650. The molecule has 2 aromatic carbocycles. The first-order valence-corrected chi connectivity index (χ1v) is 7.02. The molecule has 0 aliphatic rings. The molecule has 1 amide bonds. The Labute approximate surface area is 129 Å². The Kier molecular flexibility index (Phi) is 5.01. The van der Waals surface area contributed by atoms with Crippen LogP contribution < -0.4 is 11.1 Å². The SMILES string of the molecule is C[C@@H](NC(=O)/C=C/c1cccc(N)c1)c1ccc(Cl)cc1. The number of nitrogen functional groups attached to an aromatic ring is 1. The maximum atomic E-state index is 11.9. The second kappa shape index (κ2) is 6.95. The van der Waals surface area contributed by atoms with Crippen LogP contribution in [0.25, 0.3) is 6.08 Å². The van der Waals surface area contributed by atoms with Crippen LogP contribution in [0.1, 0.15) is 24.1 Å². The molecular weight excluding hydrogens is 284 g/mol. The van der Waals surface area contributed by atoms with Crippen molar-refractivity contribution < 1.29 is 4.79 Å². The van der Waals surface area contributed by atoms with Crippen molar-refractivity contribution in [1.29, 1.82) is 0 Å². The van der Waals surface area contributed by atoms with Gasteiger partial charge in [0.25, 0.3) is 0 Å². The number of anilines is 1. The average molecular weight is 301 g/mol. The molecule has 4 heteroatoms. The van der Waals surface area contributed by atoms with Crippen molar-refractivity contribution >= 4 is 29.3 Å². The van der Waals surface area contributed by atoms with Crippen LogP contribution in [0.15, 0.2) is 54.6 Å². The first-order valence-electron chi connectivity index (χ1n) is 6.64. The summed E-state index contributed by atoms with van der Waals surface area (Å²) in [5, 5.41) is 3.58. The highest BCUT2D eigenvalue weighted by Crippen LogP contribution is 2.16. The monoisotopic (exact) mass is 300 g/mol. The summed E-state index contributed by atoms with van der Waals surface area (Å²) >= 11 is 5.84. The number of amides is 1. The fraction of sp³-hybridized carbons (Fsp3) is 0.118. The average Bonchev–Trinajstić information content (AvgIpc) is 2.46. The van der Waals surface area contributed by atoms with Crippen LogP contribution in [0.3, 0.4) is 0 Å². The van der Waals surface area contributed by atoms with Gasteiger partial charge < -0.3 is 11.1 Å². The summed E-state index contributed by atoms with van der Waals surface area (Å²) in [6.45, 7) is 1.93. The van der Waals surface area contributed by atoms with E-state index in [2.05, 4.69) is 5.32 Å². The summed E-state index contributed by atoms with van der Waals surface area (Å²) in [5.41, 5.74) is 8.26. The first-order chi connectivity index (χ1) is 10.0. The van der Waals surface area contributed by atoms with Crippen molar-refractivity contribution in [3.8, 4) is 0 Å². The molecule has 3 nitrogen and oxygen atoms in total. The van der Waals surface area contributed by atoms with E-state index in [0.717, 1.165) is 11.1 Å². The molecule has 0 radical (unpaired) electrons. The molecular formula is C17H17ClN2O. The lowest BCUT2D eigenvalue weighted by molar-refractivity contribution is -0.117. The van der Waals surface area contributed by atoms with Gasteiger partial charge in [0.2, 0.25) is 5.91 Å². The Morgan fingerprint density at radius 1 is 1.24 bits per heavy atom. The minimum absolute atomic E-state index is 0.0831. The summed E-state index contributed by atoms with van der Waals surface area (Å²) in [4.78, 5) is 11.9. The smallest absolute Gasteiger partial charge is 0.244 e. The fourth-order valence-electron chi connectivity index (χ4n) is 1.93. The van der Waals surface area contributed by atoms with Gasteiger partial charge in [-0.05, 0) is 48.4 Å². The Balaban J connectivity index is 1.96. The molecule has 3 N–H and O–H groups in total. The number of hydrogen-bond acceptors (Lipinski definition) is 2. The van der Waals surface area contributed by atoms with E-state index >= 15 is 0 Å². The zero-order chi connectivity index (χ0) is 15.2. The van der Waals surface area contributed by atoms with E-state index in [0.29, 0.717) is 10.7 Å². The van der Waals surface area contributed by atoms with Crippen LogP contribution in [-0.2, 0) is 4.79 Å². The van der Waals surface area contributed by atoms with Crippen LogP contribution in [0.4, 0.5) is 5.69 Å². The molecule has 0 aliphatic heterocycles. The standard InChI is InChI=1S/C17H17ClN2O/c1-12(14-6-8-15(18)9-7-14)20-17(21)10-5-13-3-2-4-16(19)11-13/h2-12H,19H2,1H3,(H,20,21)/b10-5+/t12-/m1/s1. The molecule has 0 saturated carbocycles. The van der Waals surface area contributed by atoms with Crippen molar-refractivity contribution in [3.05, 3.63) is 70.8 Å². The second-order valence-corrected chi connectivity index (χ2v) is 5.22. The zero-order valence-electron chi connectivity index (χ0n) is 11.7. The molecule has 0 heterocycles. The lowest BCUT2D eigenvalue weighted by Crippen LogP contribution is -2.24. The van der Waals surface area contributed by atoms with Crippen LogP contribution >= 0.6 is 11.6 Å². The highest BCUT2D eigenvalue weighted by atomic mass is 35.5. The number of nitrogens with one attached hydrogen (secondary N) is 1. The molecule has 2 aromatic rings. The van der Waals surface area contributed by atoms with Gasteiger partial charge in [0, 0.05) is 16.8 Å². The third kappa shape index (κ3) is 4.65. The quantitative estimate of drug-likeness (QED) is 0.666. The Morgan fingerprint density at radius 3 is 2.62 bits per heavy atom. The van der Waals surface area contributed by atoms with E-state index in [9.17, 15) is 4.79 Å². The third-order valence-corrected chi connectivity index (χ3v) is 3.32. The van der Waals surface area contributed by atoms with Crippen LogP contribution in [0.2, 0.25) is 5.02 Å². The molecule has 2 rings (SSSR count). The summed E-state index contributed by atoms with van der Waals surface area (Å²) < 4.78 is 0. The molecule has 0 bridgehead atoms. The Morgan fingerprint density at radius 2 is 1.95 bits per heavy atom. The number of benzene rings is 2. The number of hydrogen-bond donors (Lipinski definition) is 2. The minimum atomic E-state index is -0.153. The number of carbonyl (C=O) groups excluding carboxylic acids is 1. The molecule has 0 unspecified atom stereocenters. The molecule has 0 fully saturated rings. The van der Waals surface area contributed by atoms with E-state index in [1.807, 2.05) is 49.4 Å². The molecule has 21 heavy (non-hydrogen) atoms. The maximum Gasteiger partial charge on any atom is 0.244 e. The van der Waals surface area contributed by atoms with Crippen molar-refractivity contribution in [2.75, 3.05) is 5.73 Å². The third-order valence-electron chi connectivity index (χ3n) is 3.07. The van der Waals surface area contributed by atoms with Gasteiger partial charge in [-0.2, -0.15) is 0 Å². The molecule has 0 spiro atoms. The molecule has 0 aliphatic carbocycles. The van der Waals surface area contributed by atoms with Crippen LogP contribution in [0, 0.1) is 0 Å². The fourth-order valence-corrected chi connectivity index (χ4v) is 2.06. The van der Waals surface area contributed by atoms with Crippen LogP contribution in [-0.4, -0.2) is 5.91 Å². The number of nitrogens with two attached hydrogens (primary N) is 1. The highest BCUT2D eigenvalue weighted by Gasteiger charge is 2.07. The largest absolute Gasteiger partial charge is 0.399 e. The molecule has 0 saturated heterocycles. The number of carbonyl (C=O) groups is 1. The zero-order valence-corrected chi connectivity index (χ0v) is 12.5. The molecule has 108 valence electrons. The number of halogens is 1. The lowest BCUT2D eigenvalue weighted by atomic mass is 10.1. The normalized spacial score (nSPS) is 12.3. The Hall–Kier alpha value is -2.26. The van der Waals surface area contributed by atoms with Gasteiger partial charge in [0.05, 0.1) is 6.04 Å². The van der Waals surface area contributed by atoms with E-state index in [-0.39, 0.29) is 11.9 Å². The van der Waals surface area contributed by atoms with Crippen molar-refractivity contribution in [2.24, 2.45) is 0 Å². The van der Waals surface area contributed by atoms with Crippen molar-refractivity contribution in [1.82, 2.24) is 5.32 Å². The lowest BCUT2D eigenvalue weighted by Gasteiger charge is -2.12. The van der Waals surface area contributed by atoms with Crippen molar-refractivity contribution in [3.63, 3.8) is 0 Å². The molecule has 1 atom stereocenters. The van der Waals surface area contributed by atoms with Crippen molar-refractivity contribution in [2.45, 2.75) is 13.0 Å². The van der Waals surface area contributed by atoms with Gasteiger partial charge in [-0.1, -0.05) is 35.9 Å². The van der Waals surface area contributed by atoms with Crippen LogP contribution in [0.5, 0.6) is 0 Å². The topological polar surface area (TPSA) is 55.1 Å². The van der Waals surface area contributed by atoms with Gasteiger partial charge in [-0.25, -0.2) is 0 Å². The van der Waals surface area contributed by atoms with Gasteiger partial charge in [0.15, 0.2) is 0 Å². The maximum absolute atomic E-state index is 11.9. The van der Waals surface area contributed by atoms with E-state index < -0.39 is 0 Å². The minimum Gasteiger partial charge on any atom is -0.399 e. The summed E-state index contributed by atoms with van der Waals surface area (Å²) in [6, 6.07) is 14.7. The summed E-state index contributed by atoms with van der Waals surface area (Å²) in [5.74, 6) is -0.153. The predicted molar refractivity (Wildman–Crippen MR) is 87.9 cm³/mol. The number of rotatable bonds is 4. The first kappa shape index (κ1) is 15.1. The van der Waals surface area contributed by atoms with Gasteiger partial charge >= 0.3 is 0 Å². The summed E-state index contributed by atoms with van der Waals surface area (Å²) in [6.07, 6.45) is 3.24. The van der Waals surface area contributed by atoms with Gasteiger partial charge in [0.1, 0.15) is 0 Å². The van der Waals surface area contributed by atoms with E-state index in [1.54, 1.807) is 12.1 Å². The second-order valence-electron chi connectivity index (χ2n) is 4.79. The summed E-state index contributed by atoms with van der Waals surface area (Å²) in [7, 11) is 0. The highest BCUT2D eigenvalue weighted by molar-refractivity contribution is 6.30. The van der Waals surface area contributed by atoms with Gasteiger partial charge in [-0.3, -0.25) is 4.79 Å². The van der Waals surface area contributed by atoms with E-state index in [1.165, 1.54) is 6.08 Å².